The first-order valence-corrected chi connectivity index (χ1v) is 14.3. The number of hydrogen-bond acceptors (Lipinski definition) is 8. The zero-order chi connectivity index (χ0) is 30.6. The number of nitrogens with zero attached hydrogens (tertiary/aromatic N) is 6. The molecule has 5 aromatic rings. The van der Waals surface area contributed by atoms with Gasteiger partial charge in [-0.25, -0.2) is 19.3 Å². The highest BCUT2D eigenvalue weighted by Crippen LogP contribution is 2.27. The normalized spacial score (nSPS) is 14.9. The average Bonchev–Trinajstić information content (AvgIpc) is 3.69. The molecule has 1 fully saturated rings. The van der Waals surface area contributed by atoms with Crippen molar-refractivity contribution in [2.45, 2.75) is 12.5 Å². The van der Waals surface area contributed by atoms with Gasteiger partial charge in [0.2, 0.25) is 5.91 Å². The van der Waals surface area contributed by atoms with Crippen LogP contribution in [-0.4, -0.2) is 69.8 Å². The predicted molar refractivity (Wildman–Crippen MR) is 170 cm³/mol. The Morgan fingerprint density at radius 2 is 1.77 bits per heavy atom. The molecule has 1 saturated heterocycles. The van der Waals surface area contributed by atoms with Crippen LogP contribution >= 0.6 is 0 Å². The van der Waals surface area contributed by atoms with Gasteiger partial charge in [-0.05, 0) is 68.1 Å². The Morgan fingerprint density at radius 3 is 2.52 bits per heavy atom. The van der Waals surface area contributed by atoms with Gasteiger partial charge in [0.05, 0.1) is 18.0 Å². The highest BCUT2D eigenvalue weighted by molar-refractivity contribution is 6.01. The van der Waals surface area contributed by atoms with Gasteiger partial charge in [0, 0.05) is 38.0 Å². The summed E-state index contributed by atoms with van der Waals surface area (Å²) in [4.78, 5) is 39.3. The molecule has 2 N–H and O–H groups in total. The third kappa shape index (κ3) is 5.83. The molecule has 0 saturated carbocycles. The Balaban J connectivity index is 1.29. The van der Waals surface area contributed by atoms with Gasteiger partial charge in [-0.15, -0.1) is 0 Å². The van der Waals surface area contributed by atoms with Gasteiger partial charge in [0.1, 0.15) is 23.3 Å². The predicted octanol–water partition coefficient (Wildman–Crippen LogP) is 4.19. The number of imidazole rings is 1. The van der Waals surface area contributed by atoms with Crippen molar-refractivity contribution in [1.82, 2.24) is 24.0 Å². The highest BCUT2D eigenvalue weighted by atomic mass is 16.5. The number of amides is 1. The summed E-state index contributed by atoms with van der Waals surface area (Å²) in [7, 11) is 3.73. The number of rotatable bonds is 9. The van der Waals surface area contributed by atoms with E-state index in [0.29, 0.717) is 58.9 Å². The second-order valence-corrected chi connectivity index (χ2v) is 10.6. The molecule has 3 aromatic carbocycles. The van der Waals surface area contributed by atoms with Gasteiger partial charge >= 0.3 is 5.69 Å². The van der Waals surface area contributed by atoms with Gasteiger partial charge in [-0.1, -0.05) is 30.3 Å². The summed E-state index contributed by atoms with van der Waals surface area (Å²) in [5, 5.41) is 0. The van der Waals surface area contributed by atoms with E-state index in [9.17, 15) is 9.59 Å². The van der Waals surface area contributed by atoms with E-state index in [2.05, 4.69) is 14.9 Å². The van der Waals surface area contributed by atoms with Gasteiger partial charge < -0.3 is 20.1 Å². The molecule has 1 aliphatic heterocycles. The lowest BCUT2D eigenvalue weighted by Gasteiger charge is -2.21. The number of ether oxygens (including phenoxy) is 2. The zero-order valence-electron chi connectivity index (χ0n) is 24.5. The van der Waals surface area contributed by atoms with Crippen molar-refractivity contribution >= 4 is 28.6 Å². The van der Waals surface area contributed by atoms with Crippen LogP contribution in [0.1, 0.15) is 6.42 Å². The number of carbonyl (C=O) groups is 1. The maximum Gasteiger partial charge on any atom is 0.339 e. The van der Waals surface area contributed by atoms with Gasteiger partial charge in [0.15, 0.2) is 11.5 Å². The summed E-state index contributed by atoms with van der Waals surface area (Å²) >= 11 is 0. The monoisotopic (exact) mass is 591 g/mol. The maximum atomic E-state index is 14.0. The van der Waals surface area contributed by atoms with Crippen molar-refractivity contribution in [1.29, 1.82) is 0 Å². The molecule has 1 atom stereocenters. The first-order valence-electron chi connectivity index (χ1n) is 14.3. The zero-order valence-corrected chi connectivity index (χ0v) is 24.5. The van der Waals surface area contributed by atoms with Crippen molar-refractivity contribution in [2.24, 2.45) is 0 Å². The lowest BCUT2D eigenvalue weighted by Crippen LogP contribution is -2.32. The van der Waals surface area contributed by atoms with Crippen LogP contribution in [0.4, 0.5) is 11.5 Å². The van der Waals surface area contributed by atoms with Crippen LogP contribution in [0.15, 0.2) is 102 Å². The molecule has 224 valence electrons. The van der Waals surface area contributed by atoms with E-state index < -0.39 is 0 Å². The number of benzene rings is 3. The Labute approximate surface area is 254 Å². The number of fused-ring (bicyclic) bond motifs is 1. The fourth-order valence-electron chi connectivity index (χ4n) is 5.23. The number of likely N-dealkylation sites (N-methyl/N-ethyl adjacent to an activating group) is 2. The summed E-state index contributed by atoms with van der Waals surface area (Å²) in [6.45, 7) is 2.13. The molecule has 0 bridgehead atoms. The minimum atomic E-state index is -0.381. The number of nitrogens with two attached hydrogens (primary N) is 1. The minimum Gasteiger partial charge on any atom is -0.457 e. The van der Waals surface area contributed by atoms with E-state index in [1.807, 2.05) is 49.5 Å². The molecular formula is C33H33N7O4. The molecule has 0 radical (unpaired) electrons. The van der Waals surface area contributed by atoms with Gasteiger partial charge in [-0.3, -0.25) is 14.3 Å². The van der Waals surface area contributed by atoms with Crippen LogP contribution in [0, 0.1) is 0 Å². The Morgan fingerprint density at radius 1 is 1.00 bits per heavy atom. The fourth-order valence-corrected chi connectivity index (χ4v) is 5.23. The summed E-state index contributed by atoms with van der Waals surface area (Å²) in [5.74, 6) is 1.31. The number of aromatic nitrogens is 4. The summed E-state index contributed by atoms with van der Waals surface area (Å²) in [6, 6.07) is 24.1. The van der Waals surface area contributed by atoms with Gasteiger partial charge in [-0.2, -0.15) is 0 Å². The first-order chi connectivity index (χ1) is 21.4. The maximum absolute atomic E-state index is 14.0. The SMILES string of the molecule is CN(C(=O)C=CCN(C)C1CCOC1)c1cccc(-n2c(=O)n(-c3ccc(Oc4ccccc4)cc3)c3c(N)ncnc32)c1. The minimum absolute atomic E-state index is 0.165. The number of anilines is 2. The van der Waals surface area contributed by atoms with Crippen LogP contribution in [0.25, 0.3) is 22.5 Å². The third-order valence-corrected chi connectivity index (χ3v) is 7.71. The van der Waals surface area contributed by atoms with Crippen LogP contribution in [0.2, 0.25) is 0 Å². The first kappa shape index (κ1) is 28.8. The Hall–Kier alpha value is -5.26. The quantitative estimate of drug-likeness (QED) is 0.254. The Kier molecular flexibility index (Phi) is 8.22. The number of para-hydroxylation sites is 1. The van der Waals surface area contributed by atoms with Crippen molar-refractivity contribution in [2.75, 3.05) is 44.5 Å². The molecule has 3 heterocycles. The van der Waals surface area contributed by atoms with E-state index >= 15 is 0 Å². The van der Waals surface area contributed by atoms with Crippen molar-refractivity contribution in [3.63, 3.8) is 0 Å². The van der Waals surface area contributed by atoms with E-state index in [1.165, 1.54) is 20.4 Å². The molecule has 0 aliphatic carbocycles. The molecule has 11 nitrogen and oxygen atoms in total. The summed E-state index contributed by atoms with van der Waals surface area (Å²) in [5.41, 5.74) is 8.36. The molecule has 1 amide bonds. The number of hydrogen-bond donors (Lipinski definition) is 1. The largest absolute Gasteiger partial charge is 0.457 e. The summed E-state index contributed by atoms with van der Waals surface area (Å²) < 4.78 is 14.3. The van der Waals surface area contributed by atoms with Gasteiger partial charge in [0.25, 0.3) is 0 Å². The third-order valence-electron chi connectivity index (χ3n) is 7.71. The highest BCUT2D eigenvalue weighted by Gasteiger charge is 2.22. The molecule has 1 aliphatic rings. The van der Waals surface area contributed by atoms with E-state index in [0.717, 1.165) is 13.0 Å². The molecule has 1 unspecified atom stereocenters. The van der Waals surface area contributed by atoms with Crippen LogP contribution in [0.3, 0.4) is 0 Å². The molecule has 11 heteroatoms. The second kappa shape index (κ2) is 12.5. The number of carbonyl (C=O) groups excluding carboxylic acids is 1. The summed E-state index contributed by atoms with van der Waals surface area (Å²) in [6.07, 6.45) is 5.74. The smallest absolute Gasteiger partial charge is 0.339 e. The topological polar surface area (TPSA) is 121 Å². The van der Waals surface area contributed by atoms with Crippen LogP contribution in [0.5, 0.6) is 11.5 Å². The molecule has 2 aromatic heterocycles. The fraction of sp³-hybridized carbons (Fsp3) is 0.212. The van der Waals surface area contributed by atoms with Crippen molar-refractivity contribution in [3.05, 3.63) is 108 Å². The van der Waals surface area contributed by atoms with Crippen molar-refractivity contribution < 1.29 is 14.3 Å². The van der Waals surface area contributed by atoms with Crippen LogP contribution < -0.4 is 21.1 Å². The molecule has 44 heavy (non-hydrogen) atoms. The van der Waals surface area contributed by atoms with Crippen molar-refractivity contribution in [3.8, 4) is 22.9 Å². The second-order valence-electron chi connectivity index (χ2n) is 10.6. The molecule has 6 rings (SSSR count). The van der Waals surface area contributed by atoms with Crippen LogP contribution in [-0.2, 0) is 9.53 Å². The Bertz CT molecular complexity index is 1860. The standard InChI is InChI=1S/C33H33N7O4/c1-37(26-17-19-43-21-26)18-7-12-29(41)38(2)24-8-6-9-25(20-24)40-32-30(31(34)35-22-36-32)39(33(40)42)23-13-15-28(16-14-23)44-27-10-4-3-5-11-27/h3-16,20,22,26H,17-19,21H2,1-2H3,(H2,34,35,36). The van der Waals surface area contributed by atoms with E-state index in [1.54, 1.807) is 55.6 Å². The molecular weight excluding hydrogens is 558 g/mol. The lowest BCUT2D eigenvalue weighted by atomic mass is 10.2. The lowest BCUT2D eigenvalue weighted by molar-refractivity contribution is -0.113. The van der Waals surface area contributed by atoms with E-state index in [4.69, 9.17) is 15.2 Å². The average molecular weight is 592 g/mol. The molecule has 0 spiro atoms. The number of nitrogen functional groups attached to an aromatic ring is 1. The van der Waals surface area contributed by atoms with E-state index in [-0.39, 0.29) is 17.4 Å².